The lowest BCUT2D eigenvalue weighted by Crippen LogP contribution is -2.38. The summed E-state index contributed by atoms with van der Waals surface area (Å²) in [5, 5.41) is 34.2. The third-order valence-corrected chi connectivity index (χ3v) is 8.34. The van der Waals surface area contributed by atoms with Crippen molar-refractivity contribution in [3.63, 3.8) is 0 Å². The Hall–Kier alpha value is -3.90. The maximum Gasteiger partial charge on any atom is 0.303 e. The number of hydrogen-bond donors (Lipinski definition) is 4. The van der Waals surface area contributed by atoms with Gasteiger partial charge >= 0.3 is 5.97 Å². The van der Waals surface area contributed by atoms with Crippen molar-refractivity contribution in [3.8, 4) is 11.8 Å². The number of nitriles is 1. The molecule has 1 spiro atoms. The number of carbonyl (C=O) groups excluding carboxylic acids is 2. The van der Waals surface area contributed by atoms with Gasteiger partial charge in [-0.25, -0.2) is 0 Å². The van der Waals surface area contributed by atoms with Crippen LogP contribution >= 0.6 is 0 Å². The molecular formula is C30H33N3O6. The second-order valence-electron chi connectivity index (χ2n) is 10.9. The minimum absolute atomic E-state index is 0.0223. The monoisotopic (exact) mass is 531 g/mol. The van der Waals surface area contributed by atoms with Gasteiger partial charge in [0.2, 0.25) is 5.91 Å². The molecule has 2 aromatic carbocycles. The van der Waals surface area contributed by atoms with Crippen molar-refractivity contribution < 1.29 is 29.3 Å². The molecule has 1 heterocycles. The SMILES string of the molecule is N#Cc1ccc(CCCC(=O)O)c(NC(=O)[C@@H]2C[C@]23CCOc2ccc(C(=O)N[C@H]4CC[C@@H](O)CC4)cc23)c1. The molecule has 2 fully saturated rings. The zero-order valence-corrected chi connectivity index (χ0v) is 21.7. The Balaban J connectivity index is 1.31. The summed E-state index contributed by atoms with van der Waals surface area (Å²) in [6.07, 6.45) is 4.78. The van der Waals surface area contributed by atoms with E-state index in [-0.39, 0.29) is 36.3 Å². The summed E-state index contributed by atoms with van der Waals surface area (Å²) in [5.74, 6) is -0.822. The number of fused-ring (bicyclic) bond motifs is 2. The van der Waals surface area contributed by atoms with Crippen molar-refractivity contribution in [2.75, 3.05) is 11.9 Å². The molecule has 0 unspecified atom stereocenters. The van der Waals surface area contributed by atoms with E-state index in [2.05, 4.69) is 16.7 Å². The number of benzene rings is 2. The van der Waals surface area contributed by atoms with Gasteiger partial charge in [-0.15, -0.1) is 0 Å². The predicted molar refractivity (Wildman–Crippen MR) is 142 cm³/mol. The molecule has 39 heavy (non-hydrogen) atoms. The second-order valence-corrected chi connectivity index (χ2v) is 10.9. The lowest BCUT2D eigenvalue weighted by molar-refractivity contribution is -0.137. The minimum atomic E-state index is -0.877. The number of aryl methyl sites for hydroxylation is 1. The molecule has 2 atom stereocenters. The van der Waals surface area contributed by atoms with Gasteiger partial charge in [0.15, 0.2) is 0 Å². The molecule has 3 aliphatic rings. The number of carbonyl (C=O) groups is 3. The van der Waals surface area contributed by atoms with Crippen molar-refractivity contribution in [1.29, 1.82) is 5.26 Å². The van der Waals surface area contributed by atoms with E-state index in [9.17, 15) is 24.8 Å². The fraction of sp³-hybridized carbons (Fsp3) is 0.467. The number of rotatable bonds is 8. The number of nitrogens with one attached hydrogen (secondary N) is 2. The van der Waals surface area contributed by atoms with Gasteiger partial charge < -0.3 is 25.6 Å². The van der Waals surface area contributed by atoms with Gasteiger partial charge in [0.25, 0.3) is 5.91 Å². The standard InChI is InChI=1S/C30H33N3O6/c31-17-18-4-5-19(2-1-3-27(35)36)25(14-18)33-29(38)24-16-30(24)12-13-39-26-11-6-20(15-23(26)30)28(37)32-21-7-9-22(34)10-8-21/h4-6,11,14-15,21-22,24,34H,1-3,7-10,12-13,16H2,(H,32,37)(H,33,38)(H,35,36)/t21-,22+,24-,30-/m0/s1. The summed E-state index contributed by atoms with van der Waals surface area (Å²) in [5.41, 5.74) is 2.71. The molecule has 5 rings (SSSR count). The molecule has 2 aromatic rings. The highest BCUT2D eigenvalue weighted by molar-refractivity contribution is 5.98. The Bertz CT molecular complexity index is 1330. The van der Waals surface area contributed by atoms with Crippen LogP contribution in [0.4, 0.5) is 5.69 Å². The minimum Gasteiger partial charge on any atom is -0.493 e. The smallest absolute Gasteiger partial charge is 0.303 e. The van der Waals surface area contributed by atoms with Crippen LogP contribution in [0.3, 0.4) is 0 Å². The van der Waals surface area contributed by atoms with Gasteiger partial charge in [-0.05, 0) is 87.3 Å². The molecule has 2 amide bonds. The first-order valence-corrected chi connectivity index (χ1v) is 13.6. The van der Waals surface area contributed by atoms with Crippen molar-refractivity contribution >= 4 is 23.5 Å². The summed E-state index contributed by atoms with van der Waals surface area (Å²) < 4.78 is 5.88. The number of amides is 2. The molecule has 2 saturated carbocycles. The van der Waals surface area contributed by atoms with Crippen molar-refractivity contribution in [2.24, 2.45) is 5.92 Å². The Morgan fingerprint density at radius 1 is 1.10 bits per heavy atom. The number of carboxylic acids is 1. The molecule has 4 N–H and O–H groups in total. The Kier molecular flexibility index (Phi) is 7.58. The zero-order chi connectivity index (χ0) is 27.6. The van der Waals surface area contributed by atoms with Gasteiger partial charge in [0.1, 0.15) is 5.75 Å². The average Bonchev–Trinajstić information content (AvgIpc) is 3.65. The van der Waals surface area contributed by atoms with Crippen LogP contribution < -0.4 is 15.4 Å². The van der Waals surface area contributed by atoms with Crippen LogP contribution in [0.5, 0.6) is 5.75 Å². The number of ether oxygens (including phenoxy) is 1. The van der Waals surface area contributed by atoms with Crippen LogP contribution in [-0.2, 0) is 21.4 Å². The Morgan fingerprint density at radius 3 is 2.64 bits per heavy atom. The van der Waals surface area contributed by atoms with Crippen LogP contribution in [0, 0.1) is 17.2 Å². The summed E-state index contributed by atoms with van der Waals surface area (Å²) in [6.45, 7) is 0.483. The van der Waals surface area contributed by atoms with Crippen molar-refractivity contribution in [3.05, 3.63) is 58.7 Å². The topological polar surface area (TPSA) is 149 Å². The van der Waals surface area contributed by atoms with Crippen LogP contribution in [-0.4, -0.2) is 46.7 Å². The summed E-state index contributed by atoms with van der Waals surface area (Å²) in [4.78, 5) is 37.5. The summed E-state index contributed by atoms with van der Waals surface area (Å²) >= 11 is 0. The molecule has 1 aliphatic heterocycles. The number of carboxylic acid groups (broad SMARTS) is 1. The molecule has 0 aromatic heterocycles. The first-order chi connectivity index (χ1) is 18.8. The molecule has 9 heteroatoms. The molecule has 0 radical (unpaired) electrons. The number of hydrogen-bond acceptors (Lipinski definition) is 6. The second kappa shape index (κ2) is 11.1. The molecule has 204 valence electrons. The lowest BCUT2D eigenvalue weighted by Gasteiger charge is -2.28. The van der Waals surface area contributed by atoms with E-state index in [1.807, 2.05) is 6.07 Å². The normalized spacial score (nSPS) is 25.1. The molecule has 9 nitrogen and oxygen atoms in total. The highest BCUT2D eigenvalue weighted by Crippen LogP contribution is 2.61. The number of aliphatic hydroxyl groups is 1. The first-order valence-electron chi connectivity index (χ1n) is 13.6. The van der Waals surface area contributed by atoms with Crippen LogP contribution in [0.15, 0.2) is 36.4 Å². The largest absolute Gasteiger partial charge is 0.493 e. The summed E-state index contributed by atoms with van der Waals surface area (Å²) in [7, 11) is 0. The lowest BCUT2D eigenvalue weighted by atomic mass is 9.86. The fourth-order valence-corrected chi connectivity index (χ4v) is 6.01. The van der Waals surface area contributed by atoms with Gasteiger partial charge in [0, 0.05) is 40.6 Å². The van der Waals surface area contributed by atoms with Crippen LogP contribution in [0.25, 0.3) is 0 Å². The number of anilines is 1. The highest BCUT2D eigenvalue weighted by Gasteiger charge is 2.61. The Labute approximate surface area is 227 Å². The van der Waals surface area contributed by atoms with Crippen molar-refractivity contribution in [1.82, 2.24) is 5.32 Å². The van der Waals surface area contributed by atoms with Gasteiger partial charge in [-0.3, -0.25) is 14.4 Å². The van der Waals surface area contributed by atoms with E-state index in [0.29, 0.717) is 67.7 Å². The van der Waals surface area contributed by atoms with Gasteiger partial charge in [-0.1, -0.05) is 6.07 Å². The van der Waals surface area contributed by atoms with Crippen molar-refractivity contribution in [2.45, 2.75) is 75.3 Å². The van der Waals surface area contributed by atoms with E-state index in [1.54, 1.807) is 30.3 Å². The number of nitrogens with zero attached hydrogens (tertiary/aromatic N) is 1. The number of aliphatic hydroxyl groups excluding tert-OH is 1. The van der Waals surface area contributed by atoms with E-state index in [1.165, 1.54) is 0 Å². The Morgan fingerprint density at radius 2 is 1.90 bits per heavy atom. The zero-order valence-electron chi connectivity index (χ0n) is 21.7. The quantitative estimate of drug-likeness (QED) is 0.406. The maximum atomic E-state index is 13.5. The van der Waals surface area contributed by atoms with Crippen LogP contribution in [0.1, 0.15) is 78.4 Å². The predicted octanol–water partition coefficient (Wildman–Crippen LogP) is 3.68. The summed E-state index contributed by atoms with van der Waals surface area (Å²) in [6, 6.07) is 12.6. The van der Waals surface area contributed by atoms with Gasteiger partial charge in [0.05, 0.1) is 24.3 Å². The molecule has 0 saturated heterocycles. The first kappa shape index (κ1) is 26.7. The van der Waals surface area contributed by atoms with Crippen LogP contribution in [0.2, 0.25) is 0 Å². The third-order valence-electron chi connectivity index (χ3n) is 8.34. The maximum absolute atomic E-state index is 13.5. The number of aliphatic carboxylic acids is 1. The van der Waals surface area contributed by atoms with Gasteiger partial charge in [-0.2, -0.15) is 5.26 Å². The molecule has 0 bridgehead atoms. The van der Waals surface area contributed by atoms with E-state index in [4.69, 9.17) is 9.84 Å². The van der Waals surface area contributed by atoms with E-state index >= 15 is 0 Å². The van der Waals surface area contributed by atoms with E-state index < -0.39 is 11.4 Å². The van der Waals surface area contributed by atoms with E-state index in [0.717, 1.165) is 24.0 Å². The fourth-order valence-electron chi connectivity index (χ4n) is 6.01. The molecule has 2 aliphatic carbocycles. The molecular weight excluding hydrogens is 498 g/mol. The highest BCUT2D eigenvalue weighted by atomic mass is 16.5. The average molecular weight is 532 g/mol. The third kappa shape index (κ3) is 5.76.